The van der Waals surface area contributed by atoms with E-state index in [4.69, 9.17) is 30.6 Å². The Morgan fingerprint density at radius 3 is 2.73 bits per heavy atom. The molecule has 2 amide bonds. The van der Waals surface area contributed by atoms with Crippen molar-refractivity contribution in [3.05, 3.63) is 53.7 Å². The van der Waals surface area contributed by atoms with Crippen molar-refractivity contribution in [1.82, 2.24) is 25.1 Å². The molecule has 2 saturated heterocycles. The number of benzene rings is 1. The Hall–Kier alpha value is -3.90. The van der Waals surface area contributed by atoms with E-state index in [-0.39, 0.29) is 40.6 Å². The number of aromatic nitrogens is 3. The Kier molecular flexibility index (Phi) is 8.08. The predicted molar refractivity (Wildman–Crippen MR) is 141 cm³/mol. The number of pyridine rings is 1. The Balaban J connectivity index is 1.22. The number of carbonyl (C=O) groups excluding carboxylic acids is 2. The fraction of sp³-hybridized carbons (Fsp3) is 0.407. The van der Waals surface area contributed by atoms with Crippen LogP contribution in [0.1, 0.15) is 19.8 Å². The molecule has 3 aromatic rings. The second kappa shape index (κ2) is 11.7. The Bertz CT molecular complexity index is 1370. The van der Waals surface area contributed by atoms with Gasteiger partial charge in [0.1, 0.15) is 18.4 Å². The third-order valence-electron chi connectivity index (χ3n) is 6.74. The molecular formula is C27H29ClFN5O6. The number of halogens is 2. The third kappa shape index (κ3) is 6.13. The summed E-state index contributed by atoms with van der Waals surface area (Å²) in [7, 11) is 1.38. The van der Waals surface area contributed by atoms with Gasteiger partial charge in [-0.25, -0.2) is 4.98 Å². The van der Waals surface area contributed by atoms with Crippen LogP contribution in [0, 0.1) is 11.4 Å². The van der Waals surface area contributed by atoms with Crippen LogP contribution in [0.5, 0.6) is 17.4 Å². The highest BCUT2D eigenvalue weighted by Crippen LogP contribution is 2.38. The molecule has 5 rings (SSSR count). The van der Waals surface area contributed by atoms with E-state index >= 15 is 4.39 Å². The van der Waals surface area contributed by atoms with E-state index in [0.29, 0.717) is 43.5 Å². The van der Waals surface area contributed by atoms with Gasteiger partial charge in [-0.05, 0) is 37.1 Å². The summed E-state index contributed by atoms with van der Waals surface area (Å²) in [6, 6.07) is 8.56. The van der Waals surface area contributed by atoms with Crippen LogP contribution in [0.2, 0.25) is 5.02 Å². The van der Waals surface area contributed by atoms with E-state index in [0.717, 1.165) is 6.42 Å². The van der Waals surface area contributed by atoms with Crippen molar-refractivity contribution in [2.75, 3.05) is 33.4 Å². The van der Waals surface area contributed by atoms with Crippen LogP contribution in [-0.2, 0) is 20.9 Å². The zero-order valence-electron chi connectivity index (χ0n) is 22.1. The highest BCUT2D eigenvalue weighted by molar-refractivity contribution is 6.30. The maximum atomic E-state index is 15.1. The molecule has 0 spiro atoms. The molecule has 0 bridgehead atoms. The molecule has 1 unspecified atom stereocenters. The number of nitrogens with one attached hydrogen (secondary N) is 1. The maximum Gasteiger partial charge on any atom is 0.281 e. The summed E-state index contributed by atoms with van der Waals surface area (Å²) >= 11 is 5.91. The molecule has 0 radical (unpaired) electrons. The van der Waals surface area contributed by atoms with Gasteiger partial charge in [-0.2, -0.15) is 9.87 Å². The molecule has 2 aromatic heterocycles. The lowest BCUT2D eigenvalue weighted by atomic mass is 9.83. The molecule has 0 aliphatic carbocycles. The van der Waals surface area contributed by atoms with Gasteiger partial charge < -0.3 is 23.9 Å². The van der Waals surface area contributed by atoms with Gasteiger partial charge in [0.25, 0.3) is 5.91 Å². The van der Waals surface area contributed by atoms with Gasteiger partial charge in [-0.3, -0.25) is 14.3 Å². The number of hydroxylamine groups is 1. The average Bonchev–Trinajstić information content (AvgIpc) is 3.59. The minimum absolute atomic E-state index is 0.00364. The molecule has 11 nitrogen and oxygen atoms in total. The summed E-state index contributed by atoms with van der Waals surface area (Å²) in [5.41, 5.74) is 2.29. The minimum atomic E-state index is -0.848. The number of carbonyl (C=O) groups is 2. The van der Waals surface area contributed by atoms with Gasteiger partial charge >= 0.3 is 0 Å². The molecule has 2 aliphatic rings. The minimum Gasteiger partial charge on any atom is -0.493 e. The molecule has 2 fully saturated rings. The maximum absolute atomic E-state index is 15.1. The number of rotatable bonds is 10. The van der Waals surface area contributed by atoms with Crippen LogP contribution in [0.15, 0.2) is 42.7 Å². The first-order valence-corrected chi connectivity index (χ1v) is 13.1. The zero-order valence-corrected chi connectivity index (χ0v) is 22.8. The fourth-order valence-electron chi connectivity index (χ4n) is 4.69. The standard InChI is InChI=1S/C27H29ClFN5O6/c1-27(16-39-18-7-5-17(28)6-8-18)14-33(15-27)22(35)13-34-12-19(24(29)31-34)23-20(9-10-30-26(23)37-2)40-32-25(36)21-4-3-11-38-21/h5-10,12,21H,3-4,11,13-16H2,1-2H3,(H,32,36). The number of methoxy groups -OCH3 is 1. The SMILES string of the molecule is COc1nccc(ONC(=O)C2CCCO2)c1-c1cn(CC(=O)N2CC(C)(COc3ccc(Cl)cc3)C2)nc1F. The van der Waals surface area contributed by atoms with Crippen LogP contribution in [0.25, 0.3) is 11.1 Å². The molecule has 40 heavy (non-hydrogen) atoms. The van der Waals surface area contributed by atoms with Crippen molar-refractivity contribution in [1.29, 1.82) is 0 Å². The van der Waals surface area contributed by atoms with E-state index in [2.05, 4.69) is 15.6 Å². The number of amides is 2. The Morgan fingerprint density at radius 1 is 1.25 bits per heavy atom. The fourth-order valence-corrected chi connectivity index (χ4v) is 4.81. The molecule has 4 heterocycles. The Labute approximate surface area is 235 Å². The van der Waals surface area contributed by atoms with Crippen molar-refractivity contribution in [3.8, 4) is 28.5 Å². The van der Waals surface area contributed by atoms with E-state index in [1.165, 1.54) is 30.3 Å². The van der Waals surface area contributed by atoms with E-state index in [1.54, 1.807) is 29.2 Å². The molecule has 13 heteroatoms. The third-order valence-corrected chi connectivity index (χ3v) is 6.99. The highest BCUT2D eigenvalue weighted by atomic mass is 35.5. The van der Waals surface area contributed by atoms with Crippen LogP contribution in [-0.4, -0.2) is 71.0 Å². The quantitative estimate of drug-likeness (QED) is 0.367. The molecule has 1 N–H and O–H groups in total. The molecular weight excluding hydrogens is 545 g/mol. The summed E-state index contributed by atoms with van der Waals surface area (Å²) in [6.07, 6.45) is 3.54. The zero-order chi connectivity index (χ0) is 28.3. The van der Waals surface area contributed by atoms with Gasteiger partial charge in [0.05, 0.1) is 24.8 Å². The average molecular weight is 574 g/mol. The van der Waals surface area contributed by atoms with Gasteiger partial charge in [0, 0.05) is 48.6 Å². The van der Waals surface area contributed by atoms with Gasteiger partial charge in [0.2, 0.25) is 17.7 Å². The predicted octanol–water partition coefficient (Wildman–Crippen LogP) is 3.26. The summed E-state index contributed by atoms with van der Waals surface area (Å²) < 4.78 is 32.8. The van der Waals surface area contributed by atoms with Crippen molar-refractivity contribution in [2.45, 2.75) is 32.4 Å². The number of ether oxygens (including phenoxy) is 3. The summed E-state index contributed by atoms with van der Waals surface area (Å²) in [5, 5.41) is 4.51. The smallest absolute Gasteiger partial charge is 0.281 e. The first-order valence-electron chi connectivity index (χ1n) is 12.8. The molecule has 0 saturated carbocycles. The lowest BCUT2D eigenvalue weighted by molar-refractivity contribution is -0.145. The number of likely N-dealkylation sites (tertiary alicyclic amines) is 1. The second-order valence-electron chi connectivity index (χ2n) is 10.1. The number of nitrogens with zero attached hydrogens (tertiary/aromatic N) is 4. The summed E-state index contributed by atoms with van der Waals surface area (Å²) in [6.45, 7) is 3.80. The normalized spacial score (nSPS) is 17.7. The van der Waals surface area contributed by atoms with Crippen molar-refractivity contribution in [3.63, 3.8) is 0 Å². The topological polar surface area (TPSA) is 117 Å². The highest BCUT2D eigenvalue weighted by Gasteiger charge is 2.42. The van der Waals surface area contributed by atoms with Gasteiger partial charge in [0.15, 0.2) is 5.75 Å². The molecule has 1 aromatic carbocycles. The van der Waals surface area contributed by atoms with Crippen LogP contribution < -0.4 is 19.8 Å². The molecule has 2 aliphatic heterocycles. The Morgan fingerprint density at radius 2 is 2.02 bits per heavy atom. The van der Waals surface area contributed by atoms with E-state index in [9.17, 15) is 9.59 Å². The van der Waals surface area contributed by atoms with Crippen LogP contribution in [0.3, 0.4) is 0 Å². The second-order valence-corrected chi connectivity index (χ2v) is 10.5. The first kappa shape index (κ1) is 27.7. The number of hydrogen-bond acceptors (Lipinski definition) is 8. The van der Waals surface area contributed by atoms with Crippen LogP contribution >= 0.6 is 11.6 Å². The van der Waals surface area contributed by atoms with E-state index in [1.807, 2.05) is 6.92 Å². The number of hydrogen-bond donors (Lipinski definition) is 1. The van der Waals surface area contributed by atoms with E-state index < -0.39 is 18.0 Å². The van der Waals surface area contributed by atoms with Crippen LogP contribution in [0.4, 0.5) is 4.39 Å². The lowest BCUT2D eigenvalue weighted by Crippen LogP contribution is -2.60. The van der Waals surface area contributed by atoms with Gasteiger partial charge in [-0.1, -0.05) is 18.5 Å². The van der Waals surface area contributed by atoms with Gasteiger partial charge in [-0.15, -0.1) is 5.10 Å². The largest absolute Gasteiger partial charge is 0.493 e. The summed E-state index contributed by atoms with van der Waals surface area (Å²) in [5.74, 6) is -0.637. The molecule has 212 valence electrons. The van der Waals surface area contributed by atoms with Crippen molar-refractivity contribution in [2.24, 2.45) is 5.41 Å². The first-order chi connectivity index (χ1) is 19.2. The van der Waals surface area contributed by atoms with Crippen molar-refractivity contribution < 1.29 is 33.0 Å². The monoisotopic (exact) mass is 573 g/mol. The lowest BCUT2D eigenvalue weighted by Gasteiger charge is -2.47. The molecule has 1 atom stereocenters. The summed E-state index contributed by atoms with van der Waals surface area (Å²) in [4.78, 5) is 36.5. The van der Waals surface area contributed by atoms with Crippen molar-refractivity contribution >= 4 is 23.4 Å².